The number of nitrogens with zero attached hydrogens (tertiary/aromatic N) is 2. The maximum Gasteiger partial charge on any atom is 0.192 e. The second-order valence-electron chi connectivity index (χ2n) is 7.75. The van der Waals surface area contributed by atoms with Gasteiger partial charge >= 0.3 is 0 Å². The zero-order valence-electron chi connectivity index (χ0n) is 17.9. The summed E-state index contributed by atoms with van der Waals surface area (Å²) in [4.78, 5) is 17.5. The number of fused-ring (bicyclic) bond motifs is 1. The van der Waals surface area contributed by atoms with Crippen LogP contribution in [0.15, 0.2) is 82.9 Å². The van der Waals surface area contributed by atoms with Gasteiger partial charge in [-0.05, 0) is 53.6 Å². The smallest absolute Gasteiger partial charge is 0.192 e. The number of hydrogen-bond acceptors (Lipinski definition) is 4. The molecule has 0 aliphatic carbocycles. The molecule has 0 atom stereocenters. The third-order valence-corrected chi connectivity index (χ3v) is 6.41. The SMILES string of the molecule is Cn1cc(Cc2ccc(S(C)(=O)=O)cc2)c(=O)c2cc(C#CCc3ccncc3)ccc21. The maximum absolute atomic E-state index is 13.2. The summed E-state index contributed by atoms with van der Waals surface area (Å²) < 4.78 is 25.3. The van der Waals surface area contributed by atoms with Crippen molar-refractivity contribution in [2.24, 2.45) is 7.05 Å². The molecule has 2 heterocycles. The van der Waals surface area contributed by atoms with E-state index in [0.717, 1.165) is 22.2 Å². The van der Waals surface area contributed by atoms with Crippen LogP contribution in [0.1, 0.15) is 22.3 Å². The van der Waals surface area contributed by atoms with E-state index >= 15 is 0 Å². The molecule has 0 saturated carbocycles. The van der Waals surface area contributed by atoms with E-state index in [9.17, 15) is 13.2 Å². The van der Waals surface area contributed by atoms with Crippen molar-refractivity contribution in [2.75, 3.05) is 6.26 Å². The predicted molar refractivity (Wildman–Crippen MR) is 126 cm³/mol. The van der Waals surface area contributed by atoms with Gasteiger partial charge in [-0.1, -0.05) is 24.0 Å². The van der Waals surface area contributed by atoms with E-state index in [2.05, 4.69) is 16.8 Å². The van der Waals surface area contributed by atoms with Crippen LogP contribution in [0.2, 0.25) is 0 Å². The van der Waals surface area contributed by atoms with Gasteiger partial charge in [0.2, 0.25) is 0 Å². The van der Waals surface area contributed by atoms with Crippen molar-refractivity contribution in [3.8, 4) is 11.8 Å². The molecule has 0 unspecified atom stereocenters. The maximum atomic E-state index is 13.2. The van der Waals surface area contributed by atoms with Crippen molar-refractivity contribution in [3.05, 3.63) is 106 Å². The number of aromatic nitrogens is 2. The highest BCUT2D eigenvalue weighted by Gasteiger charge is 2.11. The summed E-state index contributed by atoms with van der Waals surface area (Å²) in [6, 6.07) is 16.2. The molecule has 0 fully saturated rings. The lowest BCUT2D eigenvalue weighted by Crippen LogP contribution is -2.14. The van der Waals surface area contributed by atoms with Crippen molar-refractivity contribution in [1.29, 1.82) is 0 Å². The van der Waals surface area contributed by atoms with Gasteiger partial charge in [0.05, 0.1) is 10.4 Å². The van der Waals surface area contributed by atoms with Gasteiger partial charge in [0.15, 0.2) is 15.3 Å². The minimum atomic E-state index is -3.25. The summed E-state index contributed by atoms with van der Waals surface area (Å²) in [5, 5.41) is 0.619. The van der Waals surface area contributed by atoms with Crippen LogP contribution in [0.25, 0.3) is 10.9 Å². The van der Waals surface area contributed by atoms with Gasteiger partial charge in [0.1, 0.15) is 0 Å². The van der Waals surface area contributed by atoms with Gasteiger partial charge in [-0.15, -0.1) is 0 Å². The summed E-state index contributed by atoms with van der Waals surface area (Å²) in [5.74, 6) is 6.30. The van der Waals surface area contributed by atoms with Gasteiger partial charge in [-0.2, -0.15) is 0 Å². The van der Waals surface area contributed by atoms with Crippen LogP contribution < -0.4 is 5.43 Å². The Morgan fingerprint density at radius 3 is 2.38 bits per heavy atom. The van der Waals surface area contributed by atoms with Crippen molar-refractivity contribution in [2.45, 2.75) is 17.7 Å². The molecule has 0 spiro atoms. The van der Waals surface area contributed by atoms with E-state index in [1.54, 1.807) is 36.7 Å². The zero-order valence-corrected chi connectivity index (χ0v) is 18.7. The van der Waals surface area contributed by atoms with Crippen molar-refractivity contribution >= 4 is 20.7 Å². The molecular weight excluding hydrogens is 420 g/mol. The fourth-order valence-electron chi connectivity index (χ4n) is 3.59. The molecule has 2 aromatic heterocycles. The second kappa shape index (κ2) is 8.81. The van der Waals surface area contributed by atoms with Crippen LogP contribution in [0.4, 0.5) is 0 Å². The van der Waals surface area contributed by atoms with E-state index in [1.165, 1.54) is 6.26 Å². The minimum Gasteiger partial charge on any atom is -0.350 e. The minimum absolute atomic E-state index is 0.0388. The first-order chi connectivity index (χ1) is 15.3. The van der Waals surface area contributed by atoms with Crippen LogP contribution in [-0.2, 0) is 29.7 Å². The number of benzene rings is 2. The lowest BCUT2D eigenvalue weighted by molar-refractivity contribution is 0.602. The first-order valence-corrected chi connectivity index (χ1v) is 12.0. The molecule has 32 heavy (non-hydrogen) atoms. The topological polar surface area (TPSA) is 69.0 Å². The summed E-state index contributed by atoms with van der Waals surface area (Å²) >= 11 is 0. The van der Waals surface area contributed by atoms with Gasteiger partial charge in [-0.3, -0.25) is 9.78 Å². The molecule has 2 aromatic carbocycles. The molecule has 0 aliphatic heterocycles. The summed E-state index contributed by atoms with van der Waals surface area (Å²) in [6.45, 7) is 0. The fraction of sp³-hybridized carbons (Fsp3) is 0.154. The molecule has 0 aliphatic rings. The molecule has 160 valence electrons. The fourth-order valence-corrected chi connectivity index (χ4v) is 4.22. The predicted octanol–water partition coefficient (Wildman–Crippen LogP) is 3.52. The largest absolute Gasteiger partial charge is 0.350 e. The Morgan fingerprint density at radius 1 is 0.969 bits per heavy atom. The Balaban J connectivity index is 1.65. The quantitative estimate of drug-likeness (QED) is 0.454. The molecule has 0 radical (unpaired) electrons. The Hall–Kier alpha value is -3.69. The second-order valence-corrected chi connectivity index (χ2v) is 9.77. The molecular formula is C26H22N2O3S. The van der Waals surface area contributed by atoms with Crippen molar-refractivity contribution < 1.29 is 8.42 Å². The summed E-state index contributed by atoms with van der Waals surface area (Å²) in [6.07, 6.45) is 7.54. The Bertz CT molecular complexity index is 1510. The van der Waals surface area contributed by atoms with E-state index in [0.29, 0.717) is 23.8 Å². The molecule has 4 aromatic rings. The number of rotatable bonds is 4. The van der Waals surface area contributed by atoms with E-state index in [4.69, 9.17) is 0 Å². The normalized spacial score (nSPS) is 11.2. The monoisotopic (exact) mass is 442 g/mol. The molecule has 0 saturated heterocycles. The third-order valence-electron chi connectivity index (χ3n) is 5.28. The molecule has 5 nitrogen and oxygen atoms in total. The Kier molecular flexibility index (Phi) is 5.93. The first kappa shape index (κ1) is 21.5. The van der Waals surface area contributed by atoms with Crippen LogP contribution in [-0.4, -0.2) is 24.2 Å². The first-order valence-electron chi connectivity index (χ1n) is 10.1. The Labute approximate surface area is 187 Å². The molecule has 6 heteroatoms. The number of sulfone groups is 1. The van der Waals surface area contributed by atoms with E-state index in [1.807, 2.05) is 48.1 Å². The standard InChI is InChI=1S/C26H22N2O3S/c1-28-18-22(16-21-6-9-23(10-7-21)32(2,30)31)26(29)24-17-20(8-11-25(24)28)5-3-4-19-12-14-27-15-13-19/h6-15,17-18H,4,16H2,1-2H3. The average molecular weight is 443 g/mol. The lowest BCUT2D eigenvalue weighted by atomic mass is 10.0. The van der Waals surface area contributed by atoms with Crippen LogP contribution in [0.3, 0.4) is 0 Å². The number of hydrogen-bond donors (Lipinski definition) is 0. The van der Waals surface area contributed by atoms with E-state index in [-0.39, 0.29) is 10.3 Å². The van der Waals surface area contributed by atoms with Crippen LogP contribution >= 0.6 is 0 Å². The lowest BCUT2D eigenvalue weighted by Gasteiger charge is -2.10. The highest BCUT2D eigenvalue weighted by atomic mass is 32.2. The van der Waals surface area contributed by atoms with Crippen molar-refractivity contribution in [1.82, 2.24) is 9.55 Å². The van der Waals surface area contributed by atoms with Crippen LogP contribution in [0.5, 0.6) is 0 Å². The van der Waals surface area contributed by atoms with Gasteiger partial charge in [0.25, 0.3) is 0 Å². The highest BCUT2D eigenvalue weighted by Crippen LogP contribution is 2.17. The van der Waals surface area contributed by atoms with Gasteiger partial charge < -0.3 is 4.57 Å². The average Bonchev–Trinajstić information content (AvgIpc) is 2.78. The highest BCUT2D eigenvalue weighted by molar-refractivity contribution is 7.90. The van der Waals surface area contributed by atoms with E-state index < -0.39 is 9.84 Å². The molecule has 0 amide bonds. The van der Waals surface area contributed by atoms with Crippen molar-refractivity contribution in [3.63, 3.8) is 0 Å². The number of aryl methyl sites for hydroxylation is 1. The summed E-state index contributed by atoms with van der Waals surface area (Å²) in [7, 11) is -1.34. The van der Waals surface area contributed by atoms with Gasteiger partial charge in [0, 0.05) is 61.2 Å². The van der Waals surface area contributed by atoms with Crippen LogP contribution in [0, 0.1) is 11.8 Å². The number of pyridine rings is 2. The molecule has 0 bridgehead atoms. The third kappa shape index (κ3) is 4.79. The summed E-state index contributed by atoms with van der Waals surface area (Å²) in [5.41, 5.74) is 4.21. The molecule has 0 N–H and O–H groups in total. The zero-order chi connectivity index (χ0) is 22.7. The molecule has 4 rings (SSSR count). The Morgan fingerprint density at radius 2 is 1.69 bits per heavy atom. The van der Waals surface area contributed by atoms with Gasteiger partial charge in [-0.25, -0.2) is 8.42 Å².